The number of anilines is 1. The van der Waals surface area contributed by atoms with Crippen molar-refractivity contribution in [3.8, 4) is 22.5 Å². The van der Waals surface area contributed by atoms with E-state index >= 15 is 0 Å². The Morgan fingerprint density at radius 3 is 2.71 bits per heavy atom. The Kier molecular flexibility index (Phi) is 5.82. The number of nitrogens with zero attached hydrogens (tertiary/aromatic N) is 5. The number of nitrogens with two attached hydrogens (primary N) is 2. The Morgan fingerprint density at radius 2 is 1.97 bits per heavy atom. The van der Waals surface area contributed by atoms with Crippen molar-refractivity contribution in [3.05, 3.63) is 30.3 Å². The average molecular weight is 473 g/mol. The molecule has 160 valence electrons. The highest BCUT2D eigenvalue weighted by Crippen LogP contribution is 2.43. The molecule has 0 aliphatic carbocycles. The smallest absolute Gasteiger partial charge is 0.189 e. The van der Waals surface area contributed by atoms with E-state index in [1.165, 1.54) is 17.8 Å². The molecule has 4 aromatic rings. The van der Waals surface area contributed by atoms with Crippen LogP contribution in [0, 0.1) is 0 Å². The molecular formula is C19H20N8OS3. The number of tetrazole rings is 1. The summed E-state index contributed by atoms with van der Waals surface area (Å²) in [7, 11) is 0. The fraction of sp³-hybridized carbons (Fsp3) is 0.263. The van der Waals surface area contributed by atoms with E-state index in [0.29, 0.717) is 26.3 Å². The van der Waals surface area contributed by atoms with Crippen LogP contribution in [-0.2, 0) is 11.4 Å². The Bertz CT molecular complexity index is 1210. The normalized spacial score (nSPS) is 16.1. The zero-order valence-corrected chi connectivity index (χ0v) is 18.9. The number of thiazole rings is 1. The second kappa shape index (κ2) is 8.73. The van der Waals surface area contributed by atoms with E-state index in [1.807, 2.05) is 34.6 Å². The zero-order valence-electron chi connectivity index (χ0n) is 16.4. The number of aromatic amines is 1. The molecule has 0 saturated carbocycles. The van der Waals surface area contributed by atoms with Crippen molar-refractivity contribution in [2.75, 3.05) is 18.8 Å². The van der Waals surface area contributed by atoms with Crippen molar-refractivity contribution in [1.82, 2.24) is 29.9 Å². The third-order valence-corrected chi connectivity index (χ3v) is 8.47. The van der Waals surface area contributed by atoms with Crippen LogP contribution >= 0.6 is 23.3 Å². The molecule has 1 saturated heterocycles. The third-order valence-electron chi connectivity index (χ3n) is 5.28. The number of para-hydroxylation sites is 1. The van der Waals surface area contributed by atoms with E-state index < -0.39 is 11.4 Å². The maximum Gasteiger partial charge on any atom is 0.189 e. The van der Waals surface area contributed by atoms with Crippen LogP contribution in [0.25, 0.3) is 32.7 Å². The Morgan fingerprint density at radius 1 is 1.13 bits per heavy atom. The van der Waals surface area contributed by atoms with Gasteiger partial charge in [0.05, 0.1) is 26.5 Å². The summed E-state index contributed by atoms with van der Waals surface area (Å²) in [6.07, 6.45) is 3.25. The van der Waals surface area contributed by atoms with Gasteiger partial charge in [-0.15, -0.1) is 9.40 Å². The van der Waals surface area contributed by atoms with Gasteiger partial charge in [0.15, 0.2) is 15.9 Å². The highest BCUT2D eigenvalue weighted by molar-refractivity contribution is 7.98. The van der Waals surface area contributed by atoms with Crippen LogP contribution in [-0.4, -0.2) is 47.6 Å². The highest BCUT2D eigenvalue weighted by atomic mass is 32.2. The lowest BCUT2D eigenvalue weighted by atomic mass is 9.98. The van der Waals surface area contributed by atoms with Gasteiger partial charge in [0.25, 0.3) is 0 Å². The standard InChI is InChI=1S/C19H20N8OS3/c20-19-22-16-12(5-4-6-13(16)29-19)11-7-8-14(31(28)27-9-2-1-3-10-27)17(30-21)15(11)18-23-25-26-24-18/h4-8H,1-3,9-10,21H2,(H2,20,22)(H,23,24,25,26). The molecule has 1 aliphatic rings. The number of hydrogen-bond acceptors (Lipinski definition) is 10. The van der Waals surface area contributed by atoms with Crippen molar-refractivity contribution < 1.29 is 4.55 Å². The molecule has 0 bridgehead atoms. The number of hydrogen-bond donors (Lipinski definition) is 3. The van der Waals surface area contributed by atoms with Gasteiger partial charge in [-0.05, 0) is 59.0 Å². The summed E-state index contributed by atoms with van der Waals surface area (Å²) in [4.78, 5) is 5.87. The first kappa shape index (κ1) is 20.7. The summed E-state index contributed by atoms with van der Waals surface area (Å²) < 4.78 is 16.4. The van der Waals surface area contributed by atoms with E-state index in [1.54, 1.807) is 0 Å². The van der Waals surface area contributed by atoms with Crippen LogP contribution in [0.15, 0.2) is 40.1 Å². The number of rotatable bonds is 5. The molecule has 0 spiro atoms. The molecule has 31 heavy (non-hydrogen) atoms. The lowest BCUT2D eigenvalue weighted by Gasteiger charge is -2.28. The van der Waals surface area contributed by atoms with E-state index in [-0.39, 0.29) is 0 Å². The first-order valence-corrected chi connectivity index (χ1v) is 12.6. The molecule has 5 N–H and O–H groups in total. The SMILES string of the molecule is NSc1c([S+]([O-])N2CCCCC2)ccc(-c2cccc3sc(N)nc23)c1-c1nnn[nH]1. The largest absolute Gasteiger partial charge is 0.593 e. The van der Waals surface area contributed by atoms with Crippen LogP contribution < -0.4 is 10.9 Å². The number of aromatic nitrogens is 5. The topological polar surface area (TPSA) is 146 Å². The summed E-state index contributed by atoms with van der Waals surface area (Å²) in [5, 5.41) is 21.1. The quantitative estimate of drug-likeness (QED) is 0.294. The van der Waals surface area contributed by atoms with Crippen LogP contribution in [0.4, 0.5) is 5.13 Å². The molecule has 0 radical (unpaired) electrons. The van der Waals surface area contributed by atoms with Gasteiger partial charge < -0.3 is 10.3 Å². The molecule has 2 aromatic heterocycles. The Labute approximate surface area is 190 Å². The predicted octanol–water partition coefficient (Wildman–Crippen LogP) is 3.20. The molecule has 1 fully saturated rings. The van der Waals surface area contributed by atoms with Crippen LogP contribution in [0.3, 0.4) is 0 Å². The fourth-order valence-electron chi connectivity index (χ4n) is 3.90. The van der Waals surface area contributed by atoms with Gasteiger partial charge in [-0.2, -0.15) is 0 Å². The number of nitrogens with one attached hydrogen (secondary N) is 1. The molecule has 5 rings (SSSR count). The summed E-state index contributed by atoms with van der Waals surface area (Å²) >= 11 is 1.16. The summed E-state index contributed by atoms with van der Waals surface area (Å²) in [6, 6.07) is 9.76. The van der Waals surface area contributed by atoms with E-state index in [0.717, 1.165) is 59.2 Å². The third kappa shape index (κ3) is 3.79. The van der Waals surface area contributed by atoms with Gasteiger partial charge in [-0.3, -0.25) is 5.14 Å². The van der Waals surface area contributed by atoms with Gasteiger partial charge in [0, 0.05) is 24.2 Å². The number of benzene rings is 2. The average Bonchev–Trinajstić information content (AvgIpc) is 3.47. The molecule has 12 heteroatoms. The fourth-order valence-corrected chi connectivity index (χ4v) is 6.84. The van der Waals surface area contributed by atoms with Crippen LogP contribution in [0.2, 0.25) is 0 Å². The monoisotopic (exact) mass is 472 g/mol. The maximum atomic E-state index is 13.4. The van der Waals surface area contributed by atoms with Crippen molar-refractivity contribution in [3.63, 3.8) is 0 Å². The van der Waals surface area contributed by atoms with Crippen molar-refractivity contribution >= 4 is 50.0 Å². The lowest BCUT2D eigenvalue weighted by molar-refractivity contribution is 0.346. The number of fused-ring (bicyclic) bond motifs is 1. The second-order valence-corrected chi connectivity index (χ2v) is 10.3. The molecule has 1 unspecified atom stereocenters. The summed E-state index contributed by atoms with van der Waals surface area (Å²) in [5.41, 5.74) is 9.22. The second-order valence-electron chi connectivity index (χ2n) is 7.13. The summed E-state index contributed by atoms with van der Waals surface area (Å²) in [5.74, 6) is 0.459. The molecule has 9 nitrogen and oxygen atoms in total. The molecule has 2 aromatic carbocycles. The Balaban J connectivity index is 1.72. The minimum Gasteiger partial charge on any atom is -0.593 e. The van der Waals surface area contributed by atoms with Crippen molar-refractivity contribution in [2.45, 2.75) is 29.1 Å². The van der Waals surface area contributed by atoms with E-state index in [2.05, 4.69) is 25.6 Å². The number of nitrogen functional groups attached to an aromatic ring is 1. The minimum absolute atomic E-state index is 0.459. The van der Waals surface area contributed by atoms with Crippen LogP contribution in [0.1, 0.15) is 19.3 Å². The van der Waals surface area contributed by atoms with Gasteiger partial charge in [0.1, 0.15) is 0 Å². The van der Waals surface area contributed by atoms with Crippen LogP contribution in [0.5, 0.6) is 0 Å². The number of H-pyrrole nitrogens is 1. The molecule has 3 heterocycles. The lowest BCUT2D eigenvalue weighted by Crippen LogP contribution is -2.36. The molecule has 0 amide bonds. The van der Waals surface area contributed by atoms with E-state index in [4.69, 9.17) is 10.9 Å². The molecular weight excluding hydrogens is 452 g/mol. The molecule has 1 aliphatic heterocycles. The molecule has 1 atom stereocenters. The van der Waals surface area contributed by atoms with Gasteiger partial charge in [0.2, 0.25) is 0 Å². The van der Waals surface area contributed by atoms with E-state index in [9.17, 15) is 4.55 Å². The van der Waals surface area contributed by atoms with Gasteiger partial charge >= 0.3 is 0 Å². The first-order valence-electron chi connectivity index (χ1n) is 9.77. The Hall–Kier alpha value is -2.22. The highest BCUT2D eigenvalue weighted by Gasteiger charge is 2.31. The first-order chi connectivity index (χ1) is 15.2. The zero-order chi connectivity index (χ0) is 21.4. The minimum atomic E-state index is -1.32. The number of piperidine rings is 1. The van der Waals surface area contributed by atoms with Crippen molar-refractivity contribution in [2.24, 2.45) is 5.14 Å². The van der Waals surface area contributed by atoms with Gasteiger partial charge in [-0.25, -0.2) is 10.1 Å². The summed E-state index contributed by atoms with van der Waals surface area (Å²) in [6.45, 7) is 1.61. The predicted molar refractivity (Wildman–Crippen MR) is 125 cm³/mol. The van der Waals surface area contributed by atoms with Gasteiger partial charge in [-0.1, -0.05) is 29.9 Å². The van der Waals surface area contributed by atoms with Crippen molar-refractivity contribution in [1.29, 1.82) is 0 Å². The maximum absolute atomic E-state index is 13.4.